The fourth-order valence-electron chi connectivity index (χ4n) is 4.19. The van der Waals surface area contributed by atoms with Gasteiger partial charge in [0, 0.05) is 54.5 Å². The summed E-state index contributed by atoms with van der Waals surface area (Å²) in [6, 6.07) is 5.33. The number of H-pyrrole nitrogens is 1. The largest absolute Gasteiger partial charge is 0.435 e. The predicted octanol–water partition coefficient (Wildman–Crippen LogP) is 5.09. The van der Waals surface area contributed by atoms with Crippen LogP contribution in [0.25, 0.3) is 38.8 Å². The van der Waals surface area contributed by atoms with Gasteiger partial charge in [-0.1, -0.05) is 0 Å². The van der Waals surface area contributed by atoms with Gasteiger partial charge in [-0.3, -0.25) is 4.98 Å². The van der Waals surface area contributed by atoms with Crippen LogP contribution >= 0.6 is 0 Å². The zero-order valence-electron chi connectivity index (χ0n) is 18.5. The lowest BCUT2D eigenvalue weighted by Gasteiger charge is -2.13. The van der Waals surface area contributed by atoms with E-state index in [1.807, 2.05) is 6.92 Å². The number of aliphatic hydroxyl groups is 1. The fraction of sp³-hybridized carbons (Fsp3) is 0.208. The van der Waals surface area contributed by atoms with Crippen molar-refractivity contribution in [3.63, 3.8) is 0 Å². The van der Waals surface area contributed by atoms with E-state index < -0.39 is 17.7 Å². The molecule has 4 heterocycles. The molecule has 0 saturated heterocycles. The average Bonchev–Trinajstić information content (AvgIpc) is 3.45. The SMILES string of the molecule is CCNc1cc(F)cc2c1[nH]c1ncc(-c3cncc(CCO)c3)c(-n3ccc(C(F)(F)F)n3)c12. The lowest BCUT2D eigenvalue weighted by Crippen LogP contribution is -2.08. The van der Waals surface area contributed by atoms with Crippen LogP contribution < -0.4 is 5.32 Å². The third kappa shape index (κ3) is 4.08. The van der Waals surface area contributed by atoms with E-state index in [2.05, 4.69) is 25.4 Å². The van der Waals surface area contributed by atoms with Gasteiger partial charge in [0.1, 0.15) is 11.5 Å². The van der Waals surface area contributed by atoms with E-state index in [9.17, 15) is 22.7 Å². The number of aliphatic hydroxyl groups excluding tert-OH is 1. The van der Waals surface area contributed by atoms with Gasteiger partial charge in [-0.2, -0.15) is 18.3 Å². The molecule has 5 rings (SSSR count). The Hall–Kier alpha value is -3.99. The molecular formula is C24H20F4N6O. The molecule has 0 aliphatic heterocycles. The molecule has 0 aliphatic carbocycles. The normalized spacial score (nSPS) is 12.1. The molecule has 0 atom stereocenters. The first-order valence-corrected chi connectivity index (χ1v) is 10.9. The van der Waals surface area contributed by atoms with Crippen molar-refractivity contribution < 1.29 is 22.7 Å². The molecule has 0 radical (unpaired) electrons. The second-order valence-corrected chi connectivity index (χ2v) is 7.97. The number of aromatic nitrogens is 5. The summed E-state index contributed by atoms with van der Waals surface area (Å²) in [5, 5.41) is 17.1. The Kier molecular flexibility index (Phi) is 5.64. The summed E-state index contributed by atoms with van der Waals surface area (Å²) >= 11 is 0. The lowest BCUT2D eigenvalue weighted by atomic mass is 10.0. The second kappa shape index (κ2) is 8.66. The first kappa shape index (κ1) is 22.8. The molecule has 0 amide bonds. The topological polar surface area (TPSA) is 91.6 Å². The van der Waals surface area contributed by atoms with Crippen molar-refractivity contribution in [2.75, 3.05) is 18.5 Å². The molecule has 35 heavy (non-hydrogen) atoms. The molecule has 3 N–H and O–H groups in total. The summed E-state index contributed by atoms with van der Waals surface area (Å²) in [6.45, 7) is 2.32. The highest BCUT2D eigenvalue weighted by Gasteiger charge is 2.34. The summed E-state index contributed by atoms with van der Waals surface area (Å²) in [5.41, 5.74) is 2.46. The van der Waals surface area contributed by atoms with Crippen molar-refractivity contribution >= 4 is 27.6 Å². The fourth-order valence-corrected chi connectivity index (χ4v) is 4.19. The molecule has 1 aromatic carbocycles. The van der Waals surface area contributed by atoms with Crippen LogP contribution in [0.15, 0.2) is 49.1 Å². The summed E-state index contributed by atoms with van der Waals surface area (Å²) in [6.07, 6.45) is 1.62. The molecule has 0 bridgehead atoms. The number of nitrogens with zero attached hydrogens (tertiary/aromatic N) is 4. The number of nitrogens with one attached hydrogen (secondary N) is 2. The molecule has 0 fully saturated rings. The Balaban J connectivity index is 1.87. The standard InChI is InChI=1S/C24H20F4N6O/c1-2-30-18-9-15(25)8-16-20-22(34-5-3-19(33-34)24(26,27)28)17(12-31-23(20)32-21(16)18)14-7-13(4-6-35)10-29-11-14/h3,5,7-12,30,35H,2,4,6H2,1H3,(H,31,32). The number of rotatable bonds is 6. The maximum absolute atomic E-state index is 14.6. The summed E-state index contributed by atoms with van der Waals surface area (Å²) in [5.74, 6) is -0.506. The quantitative estimate of drug-likeness (QED) is 0.292. The van der Waals surface area contributed by atoms with Crippen molar-refractivity contribution in [2.45, 2.75) is 19.5 Å². The maximum atomic E-state index is 14.6. The van der Waals surface area contributed by atoms with E-state index in [-0.39, 0.29) is 6.61 Å². The number of alkyl halides is 3. The van der Waals surface area contributed by atoms with Crippen LogP contribution in [0.3, 0.4) is 0 Å². The Bertz CT molecular complexity index is 1540. The number of fused-ring (bicyclic) bond motifs is 3. The van der Waals surface area contributed by atoms with Crippen molar-refractivity contribution in [2.24, 2.45) is 0 Å². The first-order chi connectivity index (χ1) is 16.8. The molecule has 0 aliphatic rings. The van der Waals surface area contributed by atoms with Gasteiger partial charge in [-0.15, -0.1) is 0 Å². The van der Waals surface area contributed by atoms with Crippen LogP contribution in [-0.4, -0.2) is 43.0 Å². The minimum Gasteiger partial charge on any atom is -0.396 e. The third-order valence-corrected chi connectivity index (χ3v) is 5.65. The highest BCUT2D eigenvalue weighted by atomic mass is 19.4. The van der Waals surface area contributed by atoms with Gasteiger partial charge >= 0.3 is 6.18 Å². The van der Waals surface area contributed by atoms with Gasteiger partial charge in [0.15, 0.2) is 5.69 Å². The summed E-state index contributed by atoms with van der Waals surface area (Å²) in [7, 11) is 0. The van der Waals surface area contributed by atoms with Crippen LogP contribution in [0, 0.1) is 5.82 Å². The van der Waals surface area contributed by atoms with Gasteiger partial charge in [0.25, 0.3) is 0 Å². The molecule has 0 unspecified atom stereocenters. The van der Waals surface area contributed by atoms with E-state index in [4.69, 9.17) is 0 Å². The second-order valence-electron chi connectivity index (χ2n) is 7.97. The zero-order valence-corrected chi connectivity index (χ0v) is 18.5. The van der Waals surface area contributed by atoms with Crippen LogP contribution in [0.2, 0.25) is 0 Å². The van der Waals surface area contributed by atoms with Gasteiger partial charge in [-0.05, 0) is 43.2 Å². The molecule has 0 spiro atoms. The van der Waals surface area contributed by atoms with Crippen LogP contribution in [0.5, 0.6) is 0 Å². The van der Waals surface area contributed by atoms with Crippen LogP contribution in [0.4, 0.5) is 23.2 Å². The molecule has 180 valence electrons. The van der Waals surface area contributed by atoms with E-state index in [0.717, 1.165) is 16.3 Å². The van der Waals surface area contributed by atoms with Gasteiger partial charge < -0.3 is 15.4 Å². The van der Waals surface area contributed by atoms with Crippen molar-refractivity contribution in [1.82, 2.24) is 24.7 Å². The Morgan fingerprint density at radius 2 is 1.97 bits per heavy atom. The molecule has 0 saturated carbocycles. The van der Waals surface area contributed by atoms with Crippen molar-refractivity contribution in [1.29, 1.82) is 0 Å². The number of anilines is 1. The molecule has 7 nitrogen and oxygen atoms in total. The average molecular weight is 484 g/mol. The third-order valence-electron chi connectivity index (χ3n) is 5.65. The van der Waals surface area contributed by atoms with Gasteiger partial charge in [0.05, 0.1) is 22.3 Å². The maximum Gasteiger partial charge on any atom is 0.435 e. The number of halogens is 4. The Morgan fingerprint density at radius 1 is 1.14 bits per heavy atom. The highest BCUT2D eigenvalue weighted by Crippen LogP contribution is 2.39. The lowest BCUT2D eigenvalue weighted by molar-refractivity contribution is -0.141. The Labute approximate surface area is 196 Å². The monoisotopic (exact) mass is 484 g/mol. The van der Waals surface area contributed by atoms with E-state index in [1.54, 1.807) is 18.5 Å². The zero-order chi connectivity index (χ0) is 24.7. The van der Waals surface area contributed by atoms with Crippen molar-refractivity contribution in [3.05, 3.63) is 66.1 Å². The van der Waals surface area contributed by atoms with Gasteiger partial charge in [0.2, 0.25) is 0 Å². The summed E-state index contributed by atoms with van der Waals surface area (Å²) < 4.78 is 55.9. The number of aromatic amines is 1. The van der Waals surface area contributed by atoms with Crippen LogP contribution in [0.1, 0.15) is 18.2 Å². The van der Waals surface area contributed by atoms with Crippen molar-refractivity contribution in [3.8, 4) is 16.8 Å². The number of pyridine rings is 2. The van der Waals surface area contributed by atoms with Crippen LogP contribution in [-0.2, 0) is 12.6 Å². The smallest absolute Gasteiger partial charge is 0.396 e. The highest BCUT2D eigenvalue weighted by molar-refractivity contribution is 6.15. The molecular weight excluding hydrogens is 464 g/mol. The predicted molar refractivity (Wildman–Crippen MR) is 124 cm³/mol. The van der Waals surface area contributed by atoms with E-state index >= 15 is 0 Å². The summed E-state index contributed by atoms with van der Waals surface area (Å²) in [4.78, 5) is 11.9. The molecule has 5 aromatic rings. The molecule has 11 heteroatoms. The molecule has 4 aromatic heterocycles. The first-order valence-electron chi connectivity index (χ1n) is 10.9. The number of hydrogen-bond acceptors (Lipinski definition) is 5. The van der Waals surface area contributed by atoms with E-state index in [1.165, 1.54) is 24.5 Å². The number of benzene rings is 1. The van der Waals surface area contributed by atoms with Gasteiger partial charge in [-0.25, -0.2) is 14.1 Å². The Morgan fingerprint density at radius 3 is 2.69 bits per heavy atom. The van der Waals surface area contributed by atoms with E-state index in [0.29, 0.717) is 57.4 Å². The minimum atomic E-state index is -4.63. The minimum absolute atomic E-state index is 0.0850. The number of hydrogen-bond donors (Lipinski definition) is 3.